The molecule has 29 heavy (non-hydrogen) atoms. The lowest BCUT2D eigenvalue weighted by molar-refractivity contribution is -0.384. The molecule has 0 fully saturated rings. The standard InChI is InChI=1S/C21H20N4O4/c1-13(22-20(26)14-5-4-6-15(11-14)25(28)29)21(27)24-10-9-19-17(12-24)16-7-2-3-8-18(16)23-19/h2-8,11,13,23H,9-10,12H2,1H3,(H,22,26)/t13-/m1/s1. The topological polar surface area (TPSA) is 108 Å². The number of hydrogen-bond donors (Lipinski definition) is 2. The SMILES string of the molecule is C[C@@H](NC(=O)c1cccc([N+](=O)[O-])c1)C(=O)N1CCc2[nH]c3ccccc3c2C1. The summed E-state index contributed by atoms with van der Waals surface area (Å²) in [5.74, 6) is -0.695. The zero-order valence-electron chi connectivity index (χ0n) is 15.8. The summed E-state index contributed by atoms with van der Waals surface area (Å²) in [5, 5.41) is 14.7. The monoisotopic (exact) mass is 392 g/mol. The van der Waals surface area contributed by atoms with Crippen molar-refractivity contribution in [2.75, 3.05) is 6.54 Å². The summed E-state index contributed by atoms with van der Waals surface area (Å²) < 4.78 is 0. The highest BCUT2D eigenvalue weighted by Gasteiger charge is 2.28. The van der Waals surface area contributed by atoms with Crippen molar-refractivity contribution in [2.24, 2.45) is 0 Å². The average molecular weight is 392 g/mol. The van der Waals surface area contributed by atoms with Crippen molar-refractivity contribution in [3.63, 3.8) is 0 Å². The molecule has 0 bridgehead atoms. The molecule has 4 rings (SSSR count). The number of non-ortho nitro benzene ring substituents is 1. The number of aromatic amines is 1. The minimum Gasteiger partial charge on any atom is -0.358 e. The van der Waals surface area contributed by atoms with Crippen LogP contribution < -0.4 is 5.32 Å². The van der Waals surface area contributed by atoms with Crippen LogP contribution in [0.15, 0.2) is 48.5 Å². The minimum atomic E-state index is -0.742. The van der Waals surface area contributed by atoms with Gasteiger partial charge in [0.2, 0.25) is 5.91 Å². The first-order valence-electron chi connectivity index (χ1n) is 9.36. The molecule has 0 aliphatic carbocycles. The first-order chi connectivity index (χ1) is 13.9. The van der Waals surface area contributed by atoms with Gasteiger partial charge < -0.3 is 15.2 Å². The third kappa shape index (κ3) is 3.56. The summed E-state index contributed by atoms with van der Waals surface area (Å²) >= 11 is 0. The van der Waals surface area contributed by atoms with Gasteiger partial charge in [-0.25, -0.2) is 0 Å². The van der Waals surface area contributed by atoms with Crippen molar-refractivity contribution in [1.29, 1.82) is 0 Å². The highest BCUT2D eigenvalue weighted by Crippen LogP contribution is 2.27. The van der Waals surface area contributed by atoms with E-state index in [0.29, 0.717) is 13.1 Å². The predicted octanol–water partition coefficient (Wildman–Crippen LogP) is 2.78. The summed E-state index contributed by atoms with van der Waals surface area (Å²) in [4.78, 5) is 40.8. The second kappa shape index (κ2) is 7.38. The highest BCUT2D eigenvalue weighted by molar-refractivity contribution is 5.98. The number of nitro benzene ring substituents is 1. The van der Waals surface area contributed by atoms with Gasteiger partial charge in [0.15, 0.2) is 0 Å². The number of aromatic nitrogens is 1. The Morgan fingerprint density at radius 3 is 2.79 bits per heavy atom. The van der Waals surface area contributed by atoms with E-state index < -0.39 is 16.9 Å². The molecule has 0 radical (unpaired) electrons. The first kappa shape index (κ1) is 18.7. The Hall–Kier alpha value is -3.68. The third-order valence-corrected chi connectivity index (χ3v) is 5.23. The second-order valence-electron chi connectivity index (χ2n) is 7.14. The van der Waals surface area contributed by atoms with E-state index in [1.54, 1.807) is 11.8 Å². The van der Waals surface area contributed by atoms with Gasteiger partial charge in [-0.3, -0.25) is 19.7 Å². The Kier molecular flexibility index (Phi) is 4.75. The molecule has 3 aromatic rings. The molecule has 0 spiro atoms. The molecule has 1 atom stereocenters. The number of rotatable bonds is 4. The van der Waals surface area contributed by atoms with Gasteiger partial charge in [0.25, 0.3) is 11.6 Å². The van der Waals surface area contributed by atoms with Crippen molar-refractivity contribution in [1.82, 2.24) is 15.2 Å². The number of amides is 2. The fourth-order valence-electron chi connectivity index (χ4n) is 3.73. The number of fused-ring (bicyclic) bond motifs is 3. The molecule has 8 heteroatoms. The summed E-state index contributed by atoms with van der Waals surface area (Å²) in [7, 11) is 0. The maximum Gasteiger partial charge on any atom is 0.270 e. The molecule has 0 saturated carbocycles. The Morgan fingerprint density at radius 1 is 1.21 bits per heavy atom. The van der Waals surface area contributed by atoms with E-state index in [9.17, 15) is 19.7 Å². The Balaban J connectivity index is 1.46. The maximum atomic E-state index is 12.9. The smallest absolute Gasteiger partial charge is 0.270 e. The summed E-state index contributed by atoms with van der Waals surface area (Å²) in [6, 6.07) is 12.7. The van der Waals surface area contributed by atoms with Crippen LogP contribution in [0.2, 0.25) is 0 Å². The molecule has 2 aromatic carbocycles. The van der Waals surface area contributed by atoms with E-state index in [1.165, 1.54) is 24.3 Å². The number of benzene rings is 2. The van der Waals surface area contributed by atoms with Crippen molar-refractivity contribution < 1.29 is 14.5 Å². The number of nitrogens with one attached hydrogen (secondary N) is 2. The van der Waals surface area contributed by atoms with E-state index in [0.717, 1.165) is 28.6 Å². The number of carbonyl (C=O) groups is 2. The quantitative estimate of drug-likeness (QED) is 0.526. The van der Waals surface area contributed by atoms with Gasteiger partial charge in [-0.15, -0.1) is 0 Å². The molecular formula is C21H20N4O4. The summed E-state index contributed by atoms with van der Waals surface area (Å²) in [6.07, 6.45) is 0.724. The fourth-order valence-corrected chi connectivity index (χ4v) is 3.73. The van der Waals surface area contributed by atoms with Crippen molar-refractivity contribution in [3.8, 4) is 0 Å². The van der Waals surface area contributed by atoms with E-state index in [4.69, 9.17) is 0 Å². The van der Waals surface area contributed by atoms with E-state index in [-0.39, 0.29) is 17.2 Å². The normalized spacial score (nSPS) is 14.3. The van der Waals surface area contributed by atoms with Gasteiger partial charge in [-0.2, -0.15) is 0 Å². The van der Waals surface area contributed by atoms with Crippen LogP contribution in [-0.2, 0) is 17.8 Å². The van der Waals surface area contributed by atoms with Crippen LogP contribution in [0.25, 0.3) is 10.9 Å². The minimum absolute atomic E-state index is 0.149. The van der Waals surface area contributed by atoms with Crippen LogP contribution in [0.3, 0.4) is 0 Å². The van der Waals surface area contributed by atoms with Crippen LogP contribution in [0, 0.1) is 10.1 Å². The molecule has 2 N–H and O–H groups in total. The second-order valence-corrected chi connectivity index (χ2v) is 7.14. The summed E-state index contributed by atoms with van der Waals surface area (Å²) in [6.45, 7) is 2.67. The molecule has 8 nitrogen and oxygen atoms in total. The largest absolute Gasteiger partial charge is 0.358 e. The molecule has 2 amide bonds. The Morgan fingerprint density at radius 2 is 2.00 bits per heavy atom. The number of nitrogens with zero attached hydrogens (tertiary/aromatic N) is 2. The Labute approximate surface area is 166 Å². The lowest BCUT2D eigenvalue weighted by Gasteiger charge is -2.30. The van der Waals surface area contributed by atoms with Gasteiger partial charge in [-0.05, 0) is 19.1 Å². The highest BCUT2D eigenvalue weighted by atomic mass is 16.6. The van der Waals surface area contributed by atoms with Crippen molar-refractivity contribution in [2.45, 2.75) is 25.9 Å². The van der Waals surface area contributed by atoms with E-state index in [2.05, 4.69) is 10.3 Å². The molecule has 1 aliphatic rings. The average Bonchev–Trinajstić information content (AvgIpc) is 3.11. The number of para-hydroxylation sites is 1. The lowest BCUT2D eigenvalue weighted by atomic mass is 10.0. The molecular weight excluding hydrogens is 372 g/mol. The molecule has 148 valence electrons. The van der Waals surface area contributed by atoms with Gasteiger partial charge in [0.05, 0.1) is 4.92 Å². The molecule has 1 aliphatic heterocycles. The van der Waals surface area contributed by atoms with E-state index in [1.807, 2.05) is 24.3 Å². The van der Waals surface area contributed by atoms with Crippen molar-refractivity contribution >= 4 is 28.4 Å². The number of nitro groups is 1. The van der Waals surface area contributed by atoms with Crippen molar-refractivity contribution in [3.05, 3.63) is 75.5 Å². The molecule has 1 aromatic heterocycles. The molecule has 0 saturated heterocycles. The lowest BCUT2D eigenvalue weighted by Crippen LogP contribution is -2.48. The van der Waals surface area contributed by atoms with Crippen LogP contribution in [-0.4, -0.2) is 39.2 Å². The van der Waals surface area contributed by atoms with Gasteiger partial charge in [0.1, 0.15) is 6.04 Å². The van der Waals surface area contributed by atoms with Gasteiger partial charge in [0, 0.05) is 59.4 Å². The van der Waals surface area contributed by atoms with E-state index >= 15 is 0 Å². The zero-order chi connectivity index (χ0) is 20.5. The fraction of sp³-hybridized carbons (Fsp3) is 0.238. The number of H-pyrrole nitrogens is 1. The Bertz CT molecular complexity index is 1120. The number of carbonyl (C=O) groups excluding carboxylic acids is 2. The molecule has 0 unspecified atom stereocenters. The van der Waals surface area contributed by atoms with Gasteiger partial charge >= 0.3 is 0 Å². The maximum absolute atomic E-state index is 12.9. The zero-order valence-corrected chi connectivity index (χ0v) is 15.8. The first-order valence-corrected chi connectivity index (χ1v) is 9.36. The van der Waals surface area contributed by atoms with Crippen LogP contribution in [0.4, 0.5) is 5.69 Å². The molecule has 2 heterocycles. The summed E-state index contributed by atoms with van der Waals surface area (Å²) in [5.41, 5.74) is 3.29. The van der Waals surface area contributed by atoms with Crippen LogP contribution in [0.5, 0.6) is 0 Å². The third-order valence-electron chi connectivity index (χ3n) is 5.23. The van der Waals surface area contributed by atoms with Crippen LogP contribution >= 0.6 is 0 Å². The van der Waals surface area contributed by atoms with Crippen LogP contribution in [0.1, 0.15) is 28.5 Å². The number of hydrogen-bond acceptors (Lipinski definition) is 4. The van der Waals surface area contributed by atoms with Gasteiger partial charge in [-0.1, -0.05) is 24.3 Å². The predicted molar refractivity (Wildman–Crippen MR) is 107 cm³/mol.